The molecular formula is C22H26BrNO6S. The number of carbonyl (C=O) groups is 2. The van der Waals surface area contributed by atoms with Gasteiger partial charge in [-0.2, -0.15) is 12.6 Å². The van der Waals surface area contributed by atoms with Crippen molar-refractivity contribution in [3.63, 3.8) is 0 Å². The number of esters is 1. The number of aromatic hydroxyl groups is 1. The molecule has 2 aromatic rings. The van der Waals surface area contributed by atoms with E-state index < -0.39 is 23.6 Å². The minimum atomic E-state index is -0.741. The lowest BCUT2D eigenvalue weighted by Crippen LogP contribution is -2.30. The summed E-state index contributed by atoms with van der Waals surface area (Å²) in [7, 11) is 1.45. The SMILES string of the molecule is COc1ccc([C@@H](OC(=O)Nc2ccc(Br)cc2)C(C)(C)CCOC(=O)CS)cc1O. The Bertz CT molecular complexity index is 903. The Hall–Kier alpha value is -2.39. The molecular weight excluding hydrogens is 486 g/mol. The summed E-state index contributed by atoms with van der Waals surface area (Å²) in [6, 6.07) is 11.9. The minimum Gasteiger partial charge on any atom is -0.504 e. The molecule has 2 aromatic carbocycles. The maximum Gasteiger partial charge on any atom is 0.412 e. The normalized spacial score (nSPS) is 12.0. The zero-order valence-electron chi connectivity index (χ0n) is 17.6. The summed E-state index contributed by atoms with van der Waals surface area (Å²) in [6.07, 6.45) is -0.979. The standard InChI is InChI=1S/C22H26BrNO6S/c1-22(2,10-11-29-19(26)13-31)20(14-4-9-18(28-3)17(25)12-14)30-21(27)24-16-7-5-15(23)6-8-16/h4-9,12,20,25,31H,10-11,13H2,1-3H3,(H,24,27)/t20-/m1/s1. The van der Waals surface area contributed by atoms with Crippen LogP contribution in [0.1, 0.15) is 31.9 Å². The molecule has 2 rings (SSSR count). The minimum absolute atomic E-state index is 0.0116. The van der Waals surface area contributed by atoms with Crippen molar-refractivity contribution in [1.29, 1.82) is 0 Å². The lowest BCUT2D eigenvalue weighted by molar-refractivity contribution is -0.141. The molecule has 0 aliphatic heterocycles. The highest BCUT2D eigenvalue weighted by Gasteiger charge is 2.35. The second-order valence-corrected chi connectivity index (χ2v) is 8.70. The average Bonchev–Trinajstić information content (AvgIpc) is 2.73. The Morgan fingerprint density at radius 2 is 1.87 bits per heavy atom. The summed E-state index contributed by atoms with van der Waals surface area (Å²) in [6.45, 7) is 3.92. The highest BCUT2D eigenvalue weighted by molar-refractivity contribution is 9.10. The number of phenolic OH excluding ortho intramolecular Hbond substituents is 1. The first kappa shape index (κ1) is 24.9. The molecule has 0 aliphatic rings. The fourth-order valence-electron chi connectivity index (χ4n) is 2.94. The van der Waals surface area contributed by atoms with E-state index in [-0.39, 0.29) is 18.1 Å². The highest BCUT2D eigenvalue weighted by atomic mass is 79.9. The van der Waals surface area contributed by atoms with Crippen molar-refractivity contribution in [1.82, 2.24) is 0 Å². The number of methoxy groups -OCH3 is 1. The molecule has 0 aromatic heterocycles. The molecule has 0 fully saturated rings. The number of thiol groups is 1. The van der Waals surface area contributed by atoms with Gasteiger partial charge >= 0.3 is 12.1 Å². The summed E-state index contributed by atoms with van der Waals surface area (Å²) < 4.78 is 16.9. The third-order valence-electron chi connectivity index (χ3n) is 4.67. The van der Waals surface area contributed by atoms with Crippen molar-refractivity contribution in [3.8, 4) is 11.5 Å². The monoisotopic (exact) mass is 511 g/mol. The van der Waals surface area contributed by atoms with Crippen LogP contribution in [0.3, 0.4) is 0 Å². The molecule has 0 radical (unpaired) electrons. The first-order chi connectivity index (χ1) is 14.7. The number of nitrogens with one attached hydrogen (secondary N) is 1. The Morgan fingerprint density at radius 1 is 1.19 bits per heavy atom. The molecule has 168 valence electrons. The number of rotatable bonds is 9. The molecule has 0 heterocycles. The number of ether oxygens (including phenoxy) is 3. The average molecular weight is 512 g/mol. The molecule has 0 unspecified atom stereocenters. The van der Waals surface area contributed by atoms with Crippen LogP contribution in [0.15, 0.2) is 46.9 Å². The van der Waals surface area contributed by atoms with Crippen molar-refractivity contribution in [2.45, 2.75) is 26.4 Å². The van der Waals surface area contributed by atoms with E-state index in [4.69, 9.17) is 14.2 Å². The Morgan fingerprint density at radius 3 is 2.45 bits per heavy atom. The van der Waals surface area contributed by atoms with Gasteiger partial charge < -0.3 is 19.3 Å². The van der Waals surface area contributed by atoms with Gasteiger partial charge in [0.05, 0.1) is 19.5 Å². The second kappa shape index (κ2) is 11.3. The number of halogens is 1. The molecule has 0 aliphatic carbocycles. The van der Waals surface area contributed by atoms with Gasteiger partial charge in [0.2, 0.25) is 0 Å². The number of amides is 1. The fourth-order valence-corrected chi connectivity index (χ4v) is 3.30. The van der Waals surface area contributed by atoms with E-state index >= 15 is 0 Å². The van der Waals surface area contributed by atoms with Crippen molar-refractivity contribution in [3.05, 3.63) is 52.5 Å². The fraction of sp³-hybridized carbons (Fsp3) is 0.364. The van der Waals surface area contributed by atoms with Crippen LogP contribution in [0.2, 0.25) is 0 Å². The van der Waals surface area contributed by atoms with Crippen LogP contribution in [0.4, 0.5) is 10.5 Å². The predicted molar refractivity (Wildman–Crippen MR) is 125 cm³/mol. The zero-order valence-corrected chi connectivity index (χ0v) is 20.0. The van der Waals surface area contributed by atoms with E-state index in [0.29, 0.717) is 23.4 Å². The molecule has 2 N–H and O–H groups in total. The Kier molecular flexibility index (Phi) is 9.06. The van der Waals surface area contributed by atoms with Crippen molar-refractivity contribution in [2.75, 3.05) is 24.8 Å². The quantitative estimate of drug-likeness (QED) is 0.310. The van der Waals surface area contributed by atoms with Gasteiger partial charge in [-0.1, -0.05) is 35.8 Å². The number of carbonyl (C=O) groups excluding carboxylic acids is 2. The molecule has 0 saturated heterocycles. The van der Waals surface area contributed by atoms with Crippen molar-refractivity contribution < 1.29 is 28.9 Å². The van der Waals surface area contributed by atoms with Gasteiger partial charge in [0.25, 0.3) is 0 Å². The van der Waals surface area contributed by atoms with Crippen LogP contribution in [0.5, 0.6) is 11.5 Å². The van der Waals surface area contributed by atoms with Crippen LogP contribution in [0, 0.1) is 5.41 Å². The molecule has 7 nitrogen and oxygen atoms in total. The predicted octanol–water partition coefficient (Wildman–Crippen LogP) is 5.34. The number of phenols is 1. The first-order valence-electron chi connectivity index (χ1n) is 9.53. The van der Waals surface area contributed by atoms with Crippen molar-refractivity contribution in [2.24, 2.45) is 5.41 Å². The van der Waals surface area contributed by atoms with Crippen LogP contribution in [-0.2, 0) is 14.3 Å². The maximum atomic E-state index is 12.6. The summed E-state index contributed by atoms with van der Waals surface area (Å²) >= 11 is 7.24. The number of benzene rings is 2. The zero-order chi connectivity index (χ0) is 23.0. The maximum absolute atomic E-state index is 12.6. The lowest BCUT2D eigenvalue weighted by atomic mass is 9.79. The van der Waals surface area contributed by atoms with Gasteiger partial charge in [-0.25, -0.2) is 4.79 Å². The Labute approximate surface area is 195 Å². The Balaban J connectivity index is 2.23. The van der Waals surface area contributed by atoms with Gasteiger partial charge in [-0.3, -0.25) is 10.1 Å². The van der Waals surface area contributed by atoms with Gasteiger partial charge in [0.1, 0.15) is 6.10 Å². The van der Waals surface area contributed by atoms with Crippen LogP contribution >= 0.6 is 28.6 Å². The van der Waals surface area contributed by atoms with E-state index in [9.17, 15) is 14.7 Å². The van der Waals surface area contributed by atoms with E-state index in [1.54, 1.807) is 36.4 Å². The van der Waals surface area contributed by atoms with Crippen LogP contribution in [-0.4, -0.2) is 36.6 Å². The molecule has 0 spiro atoms. The van der Waals surface area contributed by atoms with E-state index in [0.717, 1.165) is 4.47 Å². The summed E-state index contributed by atoms with van der Waals surface area (Å²) in [4.78, 5) is 24.0. The van der Waals surface area contributed by atoms with Gasteiger partial charge in [-0.15, -0.1) is 0 Å². The largest absolute Gasteiger partial charge is 0.504 e. The molecule has 0 saturated carbocycles. The first-order valence-corrected chi connectivity index (χ1v) is 11.0. The van der Waals surface area contributed by atoms with E-state index in [1.807, 2.05) is 13.8 Å². The summed E-state index contributed by atoms with van der Waals surface area (Å²) in [5.74, 6) is -0.198. The number of hydrogen-bond acceptors (Lipinski definition) is 7. The molecule has 0 bridgehead atoms. The lowest BCUT2D eigenvalue weighted by Gasteiger charge is -2.34. The molecule has 9 heteroatoms. The third-order valence-corrected chi connectivity index (χ3v) is 5.46. The van der Waals surface area contributed by atoms with Gasteiger partial charge in [-0.05, 0) is 48.4 Å². The van der Waals surface area contributed by atoms with Gasteiger partial charge in [0.15, 0.2) is 11.5 Å². The topological polar surface area (TPSA) is 94.1 Å². The number of anilines is 1. The highest BCUT2D eigenvalue weighted by Crippen LogP contribution is 2.42. The van der Waals surface area contributed by atoms with Crippen LogP contribution < -0.4 is 10.1 Å². The van der Waals surface area contributed by atoms with E-state index in [2.05, 4.69) is 33.9 Å². The molecule has 1 atom stereocenters. The van der Waals surface area contributed by atoms with Crippen LogP contribution in [0.25, 0.3) is 0 Å². The summed E-state index contributed by atoms with van der Waals surface area (Å²) in [5, 5.41) is 12.9. The second-order valence-electron chi connectivity index (χ2n) is 7.47. The third kappa shape index (κ3) is 7.36. The van der Waals surface area contributed by atoms with E-state index in [1.165, 1.54) is 13.2 Å². The smallest absolute Gasteiger partial charge is 0.412 e. The molecule has 1 amide bonds. The number of hydrogen-bond donors (Lipinski definition) is 3. The van der Waals surface area contributed by atoms with Gasteiger partial charge in [0, 0.05) is 15.6 Å². The van der Waals surface area contributed by atoms with Crippen molar-refractivity contribution >= 4 is 46.3 Å². The summed E-state index contributed by atoms with van der Waals surface area (Å²) in [5.41, 5.74) is 0.523. The molecule has 31 heavy (non-hydrogen) atoms.